The molecule has 0 aromatic rings. The van der Waals surface area contributed by atoms with E-state index in [4.69, 9.17) is 11.6 Å². The van der Waals surface area contributed by atoms with Crippen LogP contribution in [0.2, 0.25) is 0 Å². The summed E-state index contributed by atoms with van der Waals surface area (Å²) in [5.74, 6) is 2.52. The Labute approximate surface area is 38.1 Å². The Balaban J connectivity index is 0. The maximum Gasteiger partial charge on any atom is 0.0832 e. The highest BCUT2D eigenvalue weighted by Crippen LogP contribution is 1.61. The van der Waals surface area contributed by atoms with Gasteiger partial charge in [0.2, 0.25) is 0 Å². The van der Waals surface area contributed by atoms with Crippen LogP contribution in [0.1, 0.15) is 7.43 Å². The Bertz CT molecular complexity index is 33.4. The fourth-order valence-electron chi connectivity index (χ4n) is 0. The molecule has 0 aromatic heterocycles. The number of halogens is 1. The average molecular weight is 90.6 g/mol. The topological polar surface area (TPSA) is 0 Å². The van der Waals surface area contributed by atoms with E-state index in [-0.39, 0.29) is 7.43 Å². The smallest absolute Gasteiger partial charge is 0.0832 e. The molecule has 0 bridgehead atoms. The molecule has 0 N–H and O–H groups in total. The Morgan fingerprint density at radius 1 is 1.80 bits per heavy atom. The standard InChI is InChI=1S/C3H3Cl.CH4/c1-2-3-4;/h1H,3H2;1H4. The molecule has 30 valence electrons. The SMILES string of the molecule is C.C#CCCl. The third-order valence-corrected chi connectivity index (χ3v) is 0.231. The van der Waals surface area contributed by atoms with Crippen LogP contribution in [0.15, 0.2) is 0 Å². The van der Waals surface area contributed by atoms with Crippen molar-refractivity contribution >= 4 is 11.6 Å². The quantitative estimate of drug-likeness (QED) is 0.312. The molecular weight excluding hydrogens is 83.5 g/mol. The van der Waals surface area contributed by atoms with Gasteiger partial charge in [0.1, 0.15) is 0 Å². The van der Waals surface area contributed by atoms with Gasteiger partial charge in [-0.2, -0.15) is 0 Å². The van der Waals surface area contributed by atoms with Gasteiger partial charge in [0.15, 0.2) is 0 Å². The summed E-state index contributed by atoms with van der Waals surface area (Å²) >= 11 is 4.95. The van der Waals surface area contributed by atoms with Crippen LogP contribution in [0.3, 0.4) is 0 Å². The van der Waals surface area contributed by atoms with E-state index in [1.807, 2.05) is 0 Å². The van der Waals surface area contributed by atoms with Crippen LogP contribution in [0.4, 0.5) is 0 Å². The lowest BCUT2D eigenvalue weighted by atomic mass is 10.8. The number of terminal acetylenes is 1. The average Bonchev–Trinajstić information content (AvgIpc) is 1.37. The summed E-state index contributed by atoms with van der Waals surface area (Å²) in [4.78, 5) is 0. The van der Waals surface area contributed by atoms with Crippen molar-refractivity contribution in [2.75, 3.05) is 5.88 Å². The zero-order valence-corrected chi connectivity index (χ0v) is 2.92. The van der Waals surface area contributed by atoms with E-state index in [9.17, 15) is 0 Å². The molecule has 0 unspecified atom stereocenters. The van der Waals surface area contributed by atoms with E-state index < -0.39 is 0 Å². The van der Waals surface area contributed by atoms with Gasteiger partial charge in [-0.25, -0.2) is 0 Å². The summed E-state index contributed by atoms with van der Waals surface area (Å²) < 4.78 is 0. The largest absolute Gasteiger partial charge is 0.119 e. The highest BCUT2D eigenvalue weighted by molar-refractivity contribution is 6.19. The molecule has 0 spiro atoms. The number of hydrogen-bond donors (Lipinski definition) is 0. The van der Waals surface area contributed by atoms with Gasteiger partial charge in [0.25, 0.3) is 0 Å². The summed E-state index contributed by atoms with van der Waals surface area (Å²) in [6.45, 7) is 0. The van der Waals surface area contributed by atoms with Crippen LogP contribution in [-0.2, 0) is 0 Å². The minimum atomic E-state index is 0. The molecule has 0 heterocycles. The molecule has 5 heavy (non-hydrogen) atoms. The molecule has 0 aliphatic carbocycles. The van der Waals surface area contributed by atoms with Gasteiger partial charge in [0.05, 0.1) is 5.88 Å². The summed E-state index contributed by atoms with van der Waals surface area (Å²) in [5, 5.41) is 0. The van der Waals surface area contributed by atoms with Gasteiger partial charge in [0, 0.05) is 0 Å². The van der Waals surface area contributed by atoms with Crippen molar-refractivity contribution in [3.63, 3.8) is 0 Å². The Kier molecular flexibility index (Phi) is 16.2. The van der Waals surface area contributed by atoms with Crippen LogP contribution in [0.5, 0.6) is 0 Å². The minimum absolute atomic E-state index is 0. The van der Waals surface area contributed by atoms with Crippen molar-refractivity contribution in [3.05, 3.63) is 0 Å². The van der Waals surface area contributed by atoms with Gasteiger partial charge < -0.3 is 0 Å². The van der Waals surface area contributed by atoms with E-state index in [0.717, 1.165) is 0 Å². The summed E-state index contributed by atoms with van der Waals surface area (Å²) in [6, 6.07) is 0. The molecule has 0 saturated heterocycles. The predicted octanol–water partition coefficient (Wildman–Crippen LogP) is 1.49. The first-order valence-electron chi connectivity index (χ1n) is 0.909. The summed E-state index contributed by atoms with van der Waals surface area (Å²) in [6.07, 6.45) is 4.65. The second-order valence-corrected chi connectivity index (χ2v) is 0.605. The zero-order chi connectivity index (χ0) is 3.41. The lowest BCUT2D eigenvalue weighted by Crippen LogP contribution is -1.47. The fourth-order valence-corrected chi connectivity index (χ4v) is 0. The van der Waals surface area contributed by atoms with Crippen molar-refractivity contribution in [1.82, 2.24) is 0 Å². The first kappa shape index (κ1) is 8.85. The van der Waals surface area contributed by atoms with Crippen molar-refractivity contribution < 1.29 is 0 Å². The van der Waals surface area contributed by atoms with E-state index in [1.165, 1.54) is 0 Å². The highest BCUT2D eigenvalue weighted by atomic mass is 35.5. The van der Waals surface area contributed by atoms with Crippen molar-refractivity contribution in [3.8, 4) is 12.3 Å². The molecule has 0 aliphatic heterocycles. The molecule has 0 aromatic carbocycles. The highest BCUT2D eigenvalue weighted by Gasteiger charge is 1.46. The van der Waals surface area contributed by atoms with Crippen LogP contribution < -0.4 is 0 Å². The second-order valence-electron chi connectivity index (χ2n) is 0.338. The van der Waals surface area contributed by atoms with Gasteiger partial charge in [-0.05, 0) is 0 Å². The van der Waals surface area contributed by atoms with Crippen molar-refractivity contribution in [2.24, 2.45) is 0 Å². The van der Waals surface area contributed by atoms with Crippen LogP contribution in [-0.4, -0.2) is 5.88 Å². The van der Waals surface area contributed by atoms with E-state index >= 15 is 0 Å². The van der Waals surface area contributed by atoms with E-state index in [1.54, 1.807) is 0 Å². The maximum absolute atomic E-state index is 4.95. The first-order chi connectivity index (χ1) is 1.91. The molecule has 0 fully saturated rings. The van der Waals surface area contributed by atoms with Gasteiger partial charge in [-0.15, -0.1) is 18.0 Å². The second kappa shape index (κ2) is 9.14. The molecule has 0 nitrogen and oxygen atoms in total. The molecule has 0 radical (unpaired) electrons. The Morgan fingerprint density at radius 3 is 2.00 bits per heavy atom. The third-order valence-electron chi connectivity index (χ3n) is 0.0772. The van der Waals surface area contributed by atoms with Gasteiger partial charge >= 0.3 is 0 Å². The molecular formula is C4H7Cl. The maximum atomic E-state index is 4.95. The van der Waals surface area contributed by atoms with E-state index in [2.05, 4.69) is 12.3 Å². The van der Waals surface area contributed by atoms with Crippen molar-refractivity contribution in [1.29, 1.82) is 0 Å². The zero-order valence-electron chi connectivity index (χ0n) is 2.16. The molecule has 0 saturated carbocycles. The first-order valence-corrected chi connectivity index (χ1v) is 1.44. The molecule has 0 rings (SSSR count). The predicted molar refractivity (Wildman–Crippen MR) is 26.3 cm³/mol. The molecule has 1 heteroatoms. The lowest BCUT2D eigenvalue weighted by Gasteiger charge is -1.50. The Hall–Kier alpha value is -0.150. The third kappa shape index (κ3) is 18.2. The molecule has 0 aliphatic rings. The Morgan fingerprint density at radius 2 is 2.00 bits per heavy atom. The van der Waals surface area contributed by atoms with Crippen LogP contribution in [0, 0.1) is 12.3 Å². The number of rotatable bonds is 0. The lowest BCUT2D eigenvalue weighted by molar-refractivity contribution is 1.94. The van der Waals surface area contributed by atoms with Crippen LogP contribution >= 0.6 is 11.6 Å². The molecule has 0 atom stereocenters. The molecule has 0 amide bonds. The van der Waals surface area contributed by atoms with Crippen LogP contribution in [0.25, 0.3) is 0 Å². The van der Waals surface area contributed by atoms with Crippen molar-refractivity contribution in [2.45, 2.75) is 7.43 Å². The normalized spacial score (nSPS) is 4.00. The fraction of sp³-hybridized carbons (Fsp3) is 0.500. The van der Waals surface area contributed by atoms with Gasteiger partial charge in [-0.1, -0.05) is 13.3 Å². The van der Waals surface area contributed by atoms with Gasteiger partial charge in [-0.3, -0.25) is 0 Å². The number of alkyl halides is 1. The summed E-state index contributed by atoms with van der Waals surface area (Å²) in [7, 11) is 0. The minimum Gasteiger partial charge on any atom is -0.119 e. The van der Waals surface area contributed by atoms with E-state index in [0.29, 0.717) is 5.88 Å². The summed E-state index contributed by atoms with van der Waals surface area (Å²) in [5.41, 5.74) is 0. The number of hydrogen-bond acceptors (Lipinski definition) is 0. The monoisotopic (exact) mass is 90.0 g/mol.